The summed E-state index contributed by atoms with van der Waals surface area (Å²) < 4.78 is 13.2. The van der Waals surface area contributed by atoms with Gasteiger partial charge in [-0.25, -0.2) is 4.79 Å². The van der Waals surface area contributed by atoms with E-state index in [-0.39, 0.29) is 28.7 Å². The molecule has 1 unspecified atom stereocenters. The summed E-state index contributed by atoms with van der Waals surface area (Å²) in [7, 11) is 1.30. The Labute approximate surface area is 173 Å². The number of benzene rings is 1. The Bertz CT molecular complexity index is 689. The monoisotopic (exact) mass is 450 g/mol. The van der Waals surface area contributed by atoms with Crippen LogP contribution >= 0.6 is 23.7 Å². The Morgan fingerprint density at radius 2 is 1.65 bits per heavy atom. The number of carbonyl (C=O) groups excluding carboxylic acids is 2. The molecule has 0 aliphatic heterocycles. The predicted molar refractivity (Wildman–Crippen MR) is 95.7 cm³/mol. The number of aryl methyl sites for hydroxylation is 2. The molecule has 0 saturated carbocycles. The molecule has 0 bridgehead atoms. The summed E-state index contributed by atoms with van der Waals surface area (Å²) >= 11 is 8.53. The molecule has 9 heteroatoms. The molecule has 1 amide bonds. The maximum atomic E-state index is 12.8. The zero-order valence-electron chi connectivity index (χ0n) is 14.6. The zero-order chi connectivity index (χ0) is 19.0. The van der Waals surface area contributed by atoms with E-state index in [4.69, 9.17) is 9.15 Å². The molecule has 0 saturated heterocycles. The molecule has 0 spiro atoms. The van der Waals surface area contributed by atoms with Gasteiger partial charge in [-0.2, -0.15) is 3.84 Å². The van der Waals surface area contributed by atoms with Crippen molar-refractivity contribution < 1.29 is 39.7 Å². The van der Waals surface area contributed by atoms with Gasteiger partial charge in [-0.3, -0.25) is 9.69 Å². The second-order valence-electron chi connectivity index (χ2n) is 5.15. The summed E-state index contributed by atoms with van der Waals surface area (Å²) in [4.78, 5) is 26.2. The van der Waals surface area contributed by atoms with Crippen molar-refractivity contribution in [2.24, 2.45) is 0 Å². The van der Waals surface area contributed by atoms with Crippen LogP contribution in [0.3, 0.4) is 0 Å². The second-order valence-corrected chi connectivity index (χ2v) is 5.62. The standard InChI is InChI=1S/C17H19NO4.Cl2O.Cu/c1-11-7-5-8-12(2)15(11)18(13(3)17(20)21-4)16(19)14-9-6-10-22-14;1-3-2;/h5-10,13H,1-4H3;;. The van der Waals surface area contributed by atoms with Crippen LogP contribution in [-0.2, 0) is 30.4 Å². The van der Waals surface area contributed by atoms with Crippen molar-refractivity contribution in [3.63, 3.8) is 0 Å². The van der Waals surface area contributed by atoms with E-state index in [1.165, 1.54) is 18.3 Å². The van der Waals surface area contributed by atoms with Crippen LogP contribution in [0.15, 0.2) is 41.0 Å². The molecule has 6 nitrogen and oxygen atoms in total. The van der Waals surface area contributed by atoms with Crippen LogP contribution in [0.4, 0.5) is 5.69 Å². The molecular formula is C17H19Cl2CuNO5. The molecular weight excluding hydrogens is 433 g/mol. The Hall–Kier alpha value is -1.50. The van der Waals surface area contributed by atoms with Gasteiger partial charge in [-0.15, -0.1) is 0 Å². The number of carbonyl (C=O) groups is 2. The Morgan fingerprint density at radius 3 is 2.08 bits per heavy atom. The molecule has 1 aromatic heterocycles. The van der Waals surface area contributed by atoms with Gasteiger partial charge >= 0.3 is 5.97 Å². The molecule has 147 valence electrons. The van der Waals surface area contributed by atoms with Gasteiger partial charge in [0.05, 0.1) is 42.8 Å². The van der Waals surface area contributed by atoms with Crippen LogP contribution in [0.1, 0.15) is 28.6 Å². The molecule has 0 aliphatic carbocycles. The van der Waals surface area contributed by atoms with Gasteiger partial charge < -0.3 is 9.15 Å². The van der Waals surface area contributed by atoms with E-state index in [0.29, 0.717) is 5.69 Å². The third-order valence-electron chi connectivity index (χ3n) is 3.56. The van der Waals surface area contributed by atoms with E-state index in [1.807, 2.05) is 32.0 Å². The molecule has 26 heavy (non-hydrogen) atoms. The number of hydrogen-bond acceptors (Lipinski definition) is 5. The summed E-state index contributed by atoms with van der Waals surface area (Å²) in [5.74, 6) is -0.679. The third kappa shape index (κ3) is 6.04. The number of ether oxygens (including phenoxy) is 1. The van der Waals surface area contributed by atoms with E-state index < -0.39 is 12.0 Å². The number of furan rings is 1. The fraction of sp³-hybridized carbons (Fsp3) is 0.294. The van der Waals surface area contributed by atoms with Crippen molar-refractivity contribution in [2.75, 3.05) is 12.0 Å². The molecule has 1 atom stereocenters. The number of nitrogens with zero attached hydrogens (tertiary/aromatic N) is 1. The summed E-state index contributed by atoms with van der Waals surface area (Å²) in [5, 5.41) is 0. The molecule has 2 aromatic rings. The predicted octanol–water partition coefficient (Wildman–Crippen LogP) is 4.41. The molecule has 0 aliphatic rings. The van der Waals surface area contributed by atoms with E-state index >= 15 is 0 Å². The molecule has 1 heterocycles. The van der Waals surface area contributed by atoms with Gasteiger partial charge in [0.15, 0.2) is 5.76 Å². The van der Waals surface area contributed by atoms with Crippen LogP contribution in [-0.4, -0.2) is 25.0 Å². The maximum Gasteiger partial charge on any atom is 0.328 e. The van der Waals surface area contributed by atoms with Crippen LogP contribution in [0.25, 0.3) is 0 Å². The summed E-state index contributed by atoms with van der Waals surface area (Å²) in [6.45, 7) is 5.43. The summed E-state index contributed by atoms with van der Waals surface area (Å²) in [6.07, 6.45) is 1.43. The van der Waals surface area contributed by atoms with Crippen LogP contribution in [0, 0.1) is 13.8 Å². The minimum atomic E-state index is -0.762. The van der Waals surface area contributed by atoms with Crippen molar-refractivity contribution in [1.29, 1.82) is 0 Å². The number of halogens is 2. The number of anilines is 1. The van der Waals surface area contributed by atoms with Crippen molar-refractivity contribution in [2.45, 2.75) is 26.8 Å². The molecule has 0 fully saturated rings. The van der Waals surface area contributed by atoms with Crippen LogP contribution in [0.5, 0.6) is 0 Å². The number of hydrogen-bond donors (Lipinski definition) is 0. The molecule has 1 radical (unpaired) electrons. The van der Waals surface area contributed by atoms with E-state index in [1.54, 1.807) is 19.1 Å². The summed E-state index contributed by atoms with van der Waals surface area (Å²) in [5.41, 5.74) is 2.49. The Morgan fingerprint density at radius 1 is 1.12 bits per heavy atom. The average Bonchev–Trinajstić information content (AvgIpc) is 3.12. The first-order valence-corrected chi connectivity index (χ1v) is 7.91. The molecule has 0 N–H and O–H groups in total. The zero-order valence-corrected chi connectivity index (χ0v) is 17.0. The number of amides is 1. The summed E-state index contributed by atoms with van der Waals surface area (Å²) in [6, 6.07) is 8.16. The minimum absolute atomic E-state index is 0. The number of rotatable bonds is 4. The van der Waals surface area contributed by atoms with E-state index in [0.717, 1.165) is 11.1 Å². The van der Waals surface area contributed by atoms with Crippen LogP contribution in [0.2, 0.25) is 0 Å². The number of methoxy groups -OCH3 is 1. The number of esters is 1. The van der Waals surface area contributed by atoms with Gasteiger partial charge in [-0.05, 0) is 44.0 Å². The van der Waals surface area contributed by atoms with Gasteiger partial charge in [-0.1, -0.05) is 18.2 Å². The van der Waals surface area contributed by atoms with Gasteiger partial charge in [0.25, 0.3) is 5.91 Å². The molecule has 2 rings (SSSR count). The van der Waals surface area contributed by atoms with E-state index in [9.17, 15) is 9.59 Å². The van der Waals surface area contributed by atoms with Gasteiger partial charge in [0.1, 0.15) is 6.04 Å². The third-order valence-corrected chi connectivity index (χ3v) is 3.56. The SMILES string of the molecule is COC(=O)C(C)N(C(=O)c1ccco1)c1c(C)cccc1C.ClOCl.[Cu]. The van der Waals surface area contributed by atoms with Crippen molar-refractivity contribution in [1.82, 2.24) is 0 Å². The Balaban J connectivity index is 0.00000146. The first-order valence-electron chi connectivity index (χ1n) is 7.29. The van der Waals surface area contributed by atoms with Gasteiger partial charge in [0, 0.05) is 17.1 Å². The smallest absolute Gasteiger partial charge is 0.328 e. The largest absolute Gasteiger partial charge is 0.467 e. The topological polar surface area (TPSA) is 69.0 Å². The van der Waals surface area contributed by atoms with Crippen LogP contribution < -0.4 is 4.90 Å². The van der Waals surface area contributed by atoms with Gasteiger partial charge in [0.2, 0.25) is 0 Å². The maximum absolute atomic E-state index is 12.8. The fourth-order valence-electron chi connectivity index (χ4n) is 2.45. The quantitative estimate of drug-likeness (QED) is 0.508. The van der Waals surface area contributed by atoms with Crippen molar-refractivity contribution >= 4 is 41.3 Å². The normalized spacial score (nSPS) is 10.7. The average molecular weight is 452 g/mol. The first-order chi connectivity index (χ1) is 11.9. The molecule has 1 aromatic carbocycles. The van der Waals surface area contributed by atoms with Crippen molar-refractivity contribution in [3.05, 3.63) is 53.5 Å². The number of para-hydroxylation sites is 1. The Kier molecular flexibility index (Phi) is 11.3. The second kappa shape index (κ2) is 12.0. The fourth-order valence-corrected chi connectivity index (χ4v) is 2.45. The van der Waals surface area contributed by atoms with E-state index in [2.05, 4.69) is 27.6 Å². The minimum Gasteiger partial charge on any atom is -0.467 e. The first kappa shape index (κ1) is 24.5. The van der Waals surface area contributed by atoms with Crippen molar-refractivity contribution in [3.8, 4) is 0 Å².